The molecule has 222 valence electrons. The number of benzene rings is 3. The normalized spacial score (nSPS) is 21.7. The maximum atomic E-state index is 14.3. The molecular weight excluding hydrogens is 807 g/mol. The van der Waals surface area contributed by atoms with Crippen molar-refractivity contribution in [3.05, 3.63) is 95.6 Å². The van der Waals surface area contributed by atoms with Crippen LogP contribution in [-0.2, 0) is 24.4 Å². The van der Waals surface area contributed by atoms with Gasteiger partial charge in [0.05, 0.1) is 16.1 Å². The molecule has 2 N–H and O–H groups in total. The first-order valence-electron chi connectivity index (χ1n) is 12.4. The molecule has 0 saturated carbocycles. The van der Waals surface area contributed by atoms with Crippen molar-refractivity contribution in [2.45, 2.75) is 23.3 Å². The van der Waals surface area contributed by atoms with E-state index in [1.165, 1.54) is 6.07 Å². The molecule has 0 fully saturated rings. The summed E-state index contributed by atoms with van der Waals surface area (Å²) in [7, 11) is -6.11. The molecule has 14 heteroatoms. The van der Waals surface area contributed by atoms with Crippen molar-refractivity contribution in [1.29, 1.82) is 0 Å². The Kier molecular flexibility index (Phi) is 8.54. The largest absolute Gasteiger partial charge is 0.506 e. The second kappa shape index (κ2) is 11.6. The molecule has 0 aliphatic heterocycles. The number of fused-ring (bicyclic) bond motifs is 1. The Morgan fingerprint density at radius 1 is 0.929 bits per heavy atom. The summed E-state index contributed by atoms with van der Waals surface area (Å²) in [6, 6.07) is 17.6. The highest BCUT2D eigenvalue weighted by molar-refractivity contribution is 14.1. The highest BCUT2D eigenvalue weighted by atomic mass is 127. The summed E-state index contributed by atoms with van der Waals surface area (Å²) >= 11 is 3.85. The lowest BCUT2D eigenvalue weighted by Gasteiger charge is -2.49. The van der Waals surface area contributed by atoms with Crippen molar-refractivity contribution in [3.63, 3.8) is 0 Å². The highest BCUT2D eigenvalue weighted by Gasteiger charge is 2.56. The van der Waals surface area contributed by atoms with E-state index >= 15 is 0 Å². The lowest BCUT2D eigenvalue weighted by atomic mass is 9.54. The van der Waals surface area contributed by atoms with Crippen LogP contribution in [0, 0.1) is 19.0 Å². The number of hydrogen-bond donors (Lipinski definition) is 2. The molecule has 8 nitrogen and oxygen atoms in total. The molecule has 3 aliphatic carbocycles. The molecule has 3 aromatic carbocycles. The molecule has 6 rings (SSSR count). The van der Waals surface area contributed by atoms with Gasteiger partial charge in [0.25, 0.3) is 0 Å². The number of carbonyl (C=O) groups is 2. The molecule has 0 aromatic heterocycles. The smallest absolute Gasteiger partial charge is 0.403 e. The van der Waals surface area contributed by atoms with Crippen LogP contribution >= 0.6 is 45.2 Å². The minimum atomic E-state index is -6.11. The van der Waals surface area contributed by atoms with Gasteiger partial charge in [-0.1, -0.05) is 48.5 Å². The predicted molar refractivity (Wildman–Crippen MR) is 160 cm³/mol. The minimum absolute atomic E-state index is 0.0834. The first-order valence-corrected chi connectivity index (χ1v) is 16.0. The molecule has 0 saturated heterocycles. The summed E-state index contributed by atoms with van der Waals surface area (Å²) in [5.74, 6) is -5.33. The van der Waals surface area contributed by atoms with E-state index in [-0.39, 0.29) is 17.9 Å². The molecule has 0 amide bonds. The maximum Gasteiger partial charge on any atom is 0.403 e. The highest BCUT2D eigenvalue weighted by Crippen LogP contribution is 2.58. The number of aromatic hydroxyl groups is 1. The SMILES string of the molecule is O=C(OCC1C2c3ccccc3C(c3ccccc32)C1C(=O)OCC(F)C(F)(F)S(=O)(=O)O)c1cc(I)cc(I)c1O. The second-order valence-corrected chi connectivity index (χ2v) is 13.8. The van der Waals surface area contributed by atoms with Crippen LogP contribution < -0.4 is 0 Å². The maximum absolute atomic E-state index is 14.3. The van der Waals surface area contributed by atoms with Crippen molar-refractivity contribution in [3.8, 4) is 5.75 Å². The average molecular weight is 828 g/mol. The zero-order valence-corrected chi connectivity index (χ0v) is 26.3. The van der Waals surface area contributed by atoms with Crippen LogP contribution in [0.3, 0.4) is 0 Å². The lowest BCUT2D eigenvalue weighted by Crippen LogP contribution is -2.47. The molecule has 3 atom stereocenters. The Hall–Kier alpha value is -2.44. The van der Waals surface area contributed by atoms with Crippen LogP contribution in [0.15, 0.2) is 60.7 Å². The number of rotatable bonds is 8. The van der Waals surface area contributed by atoms with Gasteiger partial charge >= 0.3 is 27.3 Å². The summed E-state index contributed by atoms with van der Waals surface area (Å²) in [6.07, 6.45) is -3.53. The van der Waals surface area contributed by atoms with Gasteiger partial charge in [0.1, 0.15) is 17.9 Å². The van der Waals surface area contributed by atoms with Crippen LogP contribution in [0.2, 0.25) is 0 Å². The Morgan fingerprint density at radius 2 is 1.45 bits per heavy atom. The first kappa shape index (κ1) is 31.0. The number of phenols is 1. The minimum Gasteiger partial charge on any atom is -0.506 e. The van der Waals surface area contributed by atoms with Gasteiger partial charge in [-0.05, 0) is 79.6 Å². The Labute approximate surface area is 265 Å². The van der Waals surface area contributed by atoms with Crippen molar-refractivity contribution >= 4 is 67.2 Å². The van der Waals surface area contributed by atoms with Gasteiger partial charge in [-0.25, -0.2) is 9.18 Å². The van der Waals surface area contributed by atoms with E-state index < -0.39 is 63.8 Å². The van der Waals surface area contributed by atoms with Gasteiger partial charge in [0.15, 0.2) is 0 Å². The van der Waals surface area contributed by atoms with Gasteiger partial charge in [-0.2, -0.15) is 17.2 Å². The molecule has 3 aromatic rings. The summed E-state index contributed by atoms with van der Waals surface area (Å²) in [5, 5.41) is 5.24. The molecule has 3 aliphatic rings. The van der Waals surface area contributed by atoms with Gasteiger partial charge in [0, 0.05) is 21.3 Å². The van der Waals surface area contributed by atoms with Crippen LogP contribution in [-0.4, -0.2) is 54.7 Å². The molecule has 2 bridgehead atoms. The van der Waals surface area contributed by atoms with Crippen molar-refractivity contribution in [2.75, 3.05) is 13.2 Å². The van der Waals surface area contributed by atoms with Crippen LogP contribution in [0.1, 0.15) is 44.4 Å². The number of carbonyl (C=O) groups excluding carboxylic acids is 2. The molecule has 0 heterocycles. The van der Waals surface area contributed by atoms with E-state index in [9.17, 15) is 36.3 Å². The lowest BCUT2D eigenvalue weighted by molar-refractivity contribution is -0.157. The van der Waals surface area contributed by atoms with Gasteiger partial charge in [-0.3, -0.25) is 9.35 Å². The fourth-order valence-corrected chi connectivity index (χ4v) is 8.02. The first-order chi connectivity index (χ1) is 19.7. The van der Waals surface area contributed by atoms with E-state index in [0.29, 0.717) is 7.14 Å². The fraction of sp³-hybridized carbons (Fsp3) is 0.286. The second-order valence-electron chi connectivity index (χ2n) is 9.92. The Bertz CT molecular complexity index is 1640. The average Bonchev–Trinajstić information content (AvgIpc) is 2.95. The number of hydrogen-bond acceptors (Lipinski definition) is 7. The quantitative estimate of drug-likeness (QED) is 0.170. The molecule has 0 radical (unpaired) electrons. The number of esters is 2. The van der Waals surface area contributed by atoms with Gasteiger partial charge in [-0.15, -0.1) is 0 Å². The van der Waals surface area contributed by atoms with Crippen molar-refractivity contribution < 1.29 is 50.3 Å². The molecular formula is C28H21F3I2O8S. The zero-order valence-electron chi connectivity index (χ0n) is 21.2. The van der Waals surface area contributed by atoms with E-state index in [4.69, 9.17) is 14.0 Å². The van der Waals surface area contributed by atoms with Crippen LogP contribution in [0.25, 0.3) is 0 Å². The van der Waals surface area contributed by atoms with Crippen molar-refractivity contribution in [2.24, 2.45) is 11.8 Å². The third-order valence-corrected chi connectivity index (χ3v) is 9.98. The van der Waals surface area contributed by atoms with Crippen LogP contribution in [0.4, 0.5) is 13.2 Å². The Balaban J connectivity index is 1.50. The number of phenolic OH excluding ortho intramolecular Hbond substituents is 1. The van der Waals surface area contributed by atoms with E-state index in [2.05, 4.69) is 0 Å². The van der Waals surface area contributed by atoms with Gasteiger partial charge < -0.3 is 14.6 Å². The summed E-state index contributed by atoms with van der Waals surface area (Å²) in [4.78, 5) is 26.6. The molecule has 0 spiro atoms. The third kappa shape index (κ3) is 5.38. The van der Waals surface area contributed by atoms with E-state index in [1.54, 1.807) is 18.2 Å². The standard InChI is InChI=1S/C28H21F3I2O8S/c29-21(28(30,31)42(37,38)39)12-41-27(36)24-19(11-40-26(35)18-9-13(32)10-20(33)25(18)34)22-14-5-1-3-7-16(14)23(24)17-8-4-2-6-15(17)22/h1-10,19,21-24,34H,11-12H2,(H,37,38,39). The number of ether oxygens (including phenoxy) is 2. The number of halogens is 5. The predicted octanol–water partition coefficient (Wildman–Crippen LogP) is 5.64. The van der Waals surface area contributed by atoms with Gasteiger partial charge in [0.2, 0.25) is 6.17 Å². The monoisotopic (exact) mass is 828 g/mol. The van der Waals surface area contributed by atoms with Crippen molar-refractivity contribution in [1.82, 2.24) is 0 Å². The Morgan fingerprint density at radius 3 is 1.98 bits per heavy atom. The summed E-state index contributed by atoms with van der Waals surface area (Å²) < 4.78 is 84.2. The zero-order chi connectivity index (χ0) is 30.6. The van der Waals surface area contributed by atoms with E-state index in [1.807, 2.05) is 81.6 Å². The number of alkyl halides is 3. The molecule has 3 unspecified atom stereocenters. The summed E-state index contributed by atoms with van der Waals surface area (Å²) in [6.45, 7) is -1.98. The van der Waals surface area contributed by atoms with E-state index in [0.717, 1.165) is 22.3 Å². The van der Waals surface area contributed by atoms with Crippen LogP contribution in [0.5, 0.6) is 5.75 Å². The topological polar surface area (TPSA) is 127 Å². The third-order valence-electron chi connectivity index (χ3n) is 7.59. The summed E-state index contributed by atoms with van der Waals surface area (Å²) in [5.41, 5.74) is 3.16. The fourth-order valence-electron chi connectivity index (χ4n) is 5.78. The molecule has 42 heavy (non-hydrogen) atoms.